The van der Waals surface area contributed by atoms with Crippen LogP contribution < -0.4 is 5.32 Å². The Hall–Kier alpha value is -1.07. The van der Waals surface area contributed by atoms with Crippen LogP contribution in [0.1, 0.15) is 24.5 Å². The van der Waals surface area contributed by atoms with E-state index >= 15 is 0 Å². The maximum absolute atomic E-state index is 12.6. The average molecular weight is 275 g/mol. The van der Waals surface area contributed by atoms with Crippen molar-refractivity contribution in [1.29, 1.82) is 0 Å². The number of ether oxygens (including phenoxy) is 1. The van der Waals surface area contributed by atoms with Gasteiger partial charge in [0.05, 0.1) is 12.2 Å². The molecule has 0 aliphatic heterocycles. The van der Waals surface area contributed by atoms with Gasteiger partial charge in [0.15, 0.2) is 0 Å². The third-order valence-corrected chi connectivity index (χ3v) is 2.79. The van der Waals surface area contributed by atoms with Gasteiger partial charge in [-0.2, -0.15) is 13.2 Å². The maximum Gasteiger partial charge on any atom is 0.416 e. The Morgan fingerprint density at radius 1 is 1.32 bits per heavy atom. The molecular weight excluding hydrogens is 255 g/mol. The van der Waals surface area contributed by atoms with Crippen LogP contribution in [0.5, 0.6) is 0 Å². The van der Waals surface area contributed by atoms with Gasteiger partial charge in [-0.25, -0.2) is 0 Å². The van der Waals surface area contributed by atoms with E-state index in [0.717, 1.165) is 19.0 Å². The normalized spacial score (nSPS) is 13.5. The summed E-state index contributed by atoms with van der Waals surface area (Å²) >= 11 is 0. The van der Waals surface area contributed by atoms with Crippen LogP contribution >= 0.6 is 0 Å². The Bertz CT molecular complexity index is 379. The summed E-state index contributed by atoms with van der Waals surface area (Å²) in [6.07, 6.45) is -2.79. The van der Waals surface area contributed by atoms with E-state index in [4.69, 9.17) is 4.74 Å². The zero-order chi connectivity index (χ0) is 14.3. The lowest BCUT2D eigenvalue weighted by Gasteiger charge is -2.18. The van der Waals surface area contributed by atoms with E-state index in [0.29, 0.717) is 18.6 Å². The molecule has 0 radical (unpaired) electrons. The first-order chi connectivity index (χ1) is 8.97. The first-order valence-electron chi connectivity index (χ1n) is 6.35. The van der Waals surface area contributed by atoms with Crippen LogP contribution in [-0.2, 0) is 17.3 Å². The molecule has 0 bridgehead atoms. The molecule has 0 saturated heterocycles. The van der Waals surface area contributed by atoms with Gasteiger partial charge in [0.2, 0.25) is 0 Å². The van der Waals surface area contributed by atoms with Crippen molar-refractivity contribution in [3.05, 3.63) is 35.4 Å². The molecule has 0 aliphatic carbocycles. The van der Waals surface area contributed by atoms with Gasteiger partial charge in [0.25, 0.3) is 0 Å². The molecule has 19 heavy (non-hydrogen) atoms. The first-order valence-corrected chi connectivity index (χ1v) is 6.35. The van der Waals surface area contributed by atoms with Gasteiger partial charge >= 0.3 is 6.18 Å². The Kier molecular flexibility index (Phi) is 6.31. The summed E-state index contributed by atoms with van der Waals surface area (Å²) in [7, 11) is 1.59. The molecule has 0 amide bonds. The molecule has 1 N–H and O–H groups in total. The molecule has 0 heterocycles. The Balaban J connectivity index is 2.73. The molecule has 1 aromatic carbocycles. The zero-order valence-corrected chi connectivity index (χ0v) is 11.3. The quantitative estimate of drug-likeness (QED) is 0.824. The molecule has 1 unspecified atom stereocenters. The highest BCUT2D eigenvalue weighted by Gasteiger charge is 2.30. The van der Waals surface area contributed by atoms with Crippen LogP contribution in [0, 0.1) is 0 Å². The molecule has 0 aliphatic rings. The highest BCUT2D eigenvalue weighted by atomic mass is 19.4. The minimum Gasteiger partial charge on any atom is -0.383 e. The second-order valence-electron chi connectivity index (χ2n) is 4.51. The fraction of sp³-hybridized carbons (Fsp3) is 0.571. The number of halogens is 3. The molecule has 1 aromatic rings. The predicted molar refractivity (Wildman–Crippen MR) is 69.1 cm³/mol. The van der Waals surface area contributed by atoms with Crippen molar-refractivity contribution in [3.63, 3.8) is 0 Å². The number of hydrogen-bond donors (Lipinski definition) is 1. The number of hydrogen-bond acceptors (Lipinski definition) is 2. The highest BCUT2D eigenvalue weighted by molar-refractivity contribution is 5.26. The fourth-order valence-corrected chi connectivity index (χ4v) is 1.90. The molecule has 0 aromatic heterocycles. The van der Waals surface area contributed by atoms with Crippen LogP contribution in [0.3, 0.4) is 0 Å². The Morgan fingerprint density at radius 3 is 2.63 bits per heavy atom. The highest BCUT2D eigenvalue weighted by Crippen LogP contribution is 2.29. The lowest BCUT2D eigenvalue weighted by molar-refractivity contribution is -0.137. The monoisotopic (exact) mass is 275 g/mol. The van der Waals surface area contributed by atoms with Crippen molar-refractivity contribution in [3.8, 4) is 0 Å². The summed E-state index contributed by atoms with van der Waals surface area (Å²) in [6, 6.07) is 5.49. The second kappa shape index (κ2) is 7.50. The number of methoxy groups -OCH3 is 1. The molecule has 2 nitrogen and oxygen atoms in total. The largest absolute Gasteiger partial charge is 0.416 e. The standard InChI is InChI=1S/C14H20F3NO/c1-3-7-18-13(10-19-2)9-11-5-4-6-12(8-11)14(15,16)17/h4-6,8,13,18H,3,7,9-10H2,1-2H3. The van der Waals surface area contributed by atoms with Gasteiger partial charge in [0.1, 0.15) is 0 Å². The predicted octanol–water partition coefficient (Wildman–Crippen LogP) is 3.26. The molecule has 5 heteroatoms. The molecule has 1 atom stereocenters. The molecule has 0 spiro atoms. The zero-order valence-electron chi connectivity index (χ0n) is 11.3. The van der Waals surface area contributed by atoms with Gasteiger partial charge in [-0.15, -0.1) is 0 Å². The summed E-state index contributed by atoms with van der Waals surface area (Å²) in [4.78, 5) is 0. The van der Waals surface area contributed by atoms with Crippen LogP contribution in [-0.4, -0.2) is 26.3 Å². The molecular formula is C14H20F3NO. The number of alkyl halides is 3. The Labute approximate surface area is 112 Å². The van der Waals surface area contributed by atoms with Crippen molar-refractivity contribution in [2.45, 2.75) is 32.0 Å². The SMILES string of the molecule is CCCNC(COC)Cc1cccc(C(F)(F)F)c1. The lowest BCUT2D eigenvalue weighted by Crippen LogP contribution is -2.35. The van der Waals surface area contributed by atoms with Crippen molar-refractivity contribution in [2.75, 3.05) is 20.3 Å². The summed E-state index contributed by atoms with van der Waals surface area (Å²) in [5, 5.41) is 3.27. The van der Waals surface area contributed by atoms with Crippen molar-refractivity contribution >= 4 is 0 Å². The van der Waals surface area contributed by atoms with Gasteiger partial charge < -0.3 is 10.1 Å². The van der Waals surface area contributed by atoms with E-state index in [2.05, 4.69) is 5.32 Å². The van der Waals surface area contributed by atoms with Crippen LogP contribution in [0.4, 0.5) is 13.2 Å². The minimum absolute atomic E-state index is 0.0356. The van der Waals surface area contributed by atoms with E-state index in [-0.39, 0.29) is 6.04 Å². The van der Waals surface area contributed by atoms with Crippen molar-refractivity contribution in [2.24, 2.45) is 0 Å². The van der Waals surface area contributed by atoms with Gasteiger partial charge in [-0.05, 0) is 31.0 Å². The third kappa shape index (κ3) is 5.61. The summed E-state index contributed by atoms with van der Waals surface area (Å²) in [6.45, 7) is 3.35. The van der Waals surface area contributed by atoms with E-state index < -0.39 is 11.7 Å². The molecule has 0 saturated carbocycles. The maximum atomic E-state index is 12.6. The molecule has 1 rings (SSSR count). The van der Waals surface area contributed by atoms with Crippen LogP contribution in [0.25, 0.3) is 0 Å². The van der Waals surface area contributed by atoms with Crippen LogP contribution in [0.2, 0.25) is 0 Å². The fourth-order valence-electron chi connectivity index (χ4n) is 1.90. The summed E-state index contributed by atoms with van der Waals surface area (Å²) in [5.41, 5.74) is 0.0668. The third-order valence-electron chi connectivity index (χ3n) is 2.79. The second-order valence-corrected chi connectivity index (χ2v) is 4.51. The molecule has 108 valence electrons. The Morgan fingerprint density at radius 2 is 2.05 bits per heavy atom. The number of rotatable bonds is 7. The minimum atomic E-state index is -4.29. The van der Waals surface area contributed by atoms with Crippen LogP contribution in [0.15, 0.2) is 24.3 Å². The number of benzene rings is 1. The van der Waals surface area contributed by atoms with E-state index in [1.807, 2.05) is 6.92 Å². The van der Waals surface area contributed by atoms with Crippen molar-refractivity contribution in [1.82, 2.24) is 5.32 Å². The average Bonchev–Trinajstić information content (AvgIpc) is 2.35. The van der Waals surface area contributed by atoms with E-state index in [1.54, 1.807) is 13.2 Å². The summed E-state index contributed by atoms with van der Waals surface area (Å²) in [5.74, 6) is 0. The van der Waals surface area contributed by atoms with E-state index in [9.17, 15) is 13.2 Å². The van der Waals surface area contributed by atoms with E-state index in [1.165, 1.54) is 12.1 Å². The number of nitrogens with one attached hydrogen (secondary N) is 1. The van der Waals surface area contributed by atoms with Gasteiger partial charge in [-0.1, -0.05) is 25.1 Å². The molecule has 0 fully saturated rings. The summed E-state index contributed by atoms with van der Waals surface area (Å²) < 4.78 is 42.9. The smallest absolute Gasteiger partial charge is 0.383 e. The lowest BCUT2D eigenvalue weighted by atomic mass is 10.0. The topological polar surface area (TPSA) is 21.3 Å². The first kappa shape index (κ1) is 16.0. The van der Waals surface area contributed by atoms with Crippen molar-refractivity contribution < 1.29 is 17.9 Å². The van der Waals surface area contributed by atoms with Gasteiger partial charge in [-0.3, -0.25) is 0 Å². The van der Waals surface area contributed by atoms with Gasteiger partial charge in [0, 0.05) is 13.2 Å².